The van der Waals surface area contributed by atoms with Crippen LogP contribution in [-0.4, -0.2) is 36.3 Å². The van der Waals surface area contributed by atoms with Gasteiger partial charge in [-0.15, -0.1) is 0 Å². The van der Waals surface area contributed by atoms with Crippen molar-refractivity contribution >= 4 is 0 Å². The van der Waals surface area contributed by atoms with Crippen LogP contribution in [0.15, 0.2) is 24.3 Å². The van der Waals surface area contributed by atoms with Crippen molar-refractivity contribution in [2.75, 3.05) is 20.2 Å². The Bertz CT molecular complexity index is 379. The quantitative estimate of drug-likeness (QED) is 0.888. The second-order valence-corrected chi connectivity index (χ2v) is 5.23. The van der Waals surface area contributed by atoms with Crippen LogP contribution in [0.1, 0.15) is 25.3 Å². The second-order valence-electron chi connectivity index (χ2n) is 5.23. The SMILES string of the molecule is COc1cccc(CN2CCCC(C(C)O)C2)c1. The number of methoxy groups -OCH3 is 1. The molecule has 1 aromatic rings. The number of benzene rings is 1. The molecule has 100 valence electrons. The van der Waals surface area contributed by atoms with Crippen LogP contribution in [-0.2, 0) is 6.54 Å². The zero-order chi connectivity index (χ0) is 13.0. The van der Waals surface area contributed by atoms with E-state index in [1.807, 2.05) is 19.1 Å². The highest BCUT2D eigenvalue weighted by Crippen LogP contribution is 2.22. The average molecular weight is 249 g/mol. The summed E-state index contributed by atoms with van der Waals surface area (Å²) in [5.74, 6) is 1.33. The summed E-state index contributed by atoms with van der Waals surface area (Å²) in [7, 11) is 1.70. The van der Waals surface area contributed by atoms with Crippen LogP contribution in [0.2, 0.25) is 0 Å². The molecule has 1 aliphatic rings. The van der Waals surface area contributed by atoms with Crippen LogP contribution in [0.3, 0.4) is 0 Å². The summed E-state index contributed by atoms with van der Waals surface area (Å²) < 4.78 is 5.24. The zero-order valence-electron chi connectivity index (χ0n) is 11.3. The Balaban J connectivity index is 1.95. The molecular formula is C15H23NO2. The Hall–Kier alpha value is -1.06. The van der Waals surface area contributed by atoms with E-state index in [9.17, 15) is 5.11 Å². The summed E-state index contributed by atoms with van der Waals surface area (Å²) in [5, 5.41) is 9.70. The van der Waals surface area contributed by atoms with Gasteiger partial charge in [0.1, 0.15) is 5.75 Å². The summed E-state index contributed by atoms with van der Waals surface area (Å²) >= 11 is 0. The lowest BCUT2D eigenvalue weighted by Crippen LogP contribution is -2.38. The molecule has 0 aliphatic carbocycles. The lowest BCUT2D eigenvalue weighted by molar-refractivity contribution is 0.0599. The normalized spacial score (nSPS) is 22.7. The highest BCUT2D eigenvalue weighted by atomic mass is 16.5. The smallest absolute Gasteiger partial charge is 0.119 e. The molecule has 1 saturated heterocycles. The first kappa shape index (κ1) is 13.4. The lowest BCUT2D eigenvalue weighted by Gasteiger charge is -2.34. The number of rotatable bonds is 4. The summed E-state index contributed by atoms with van der Waals surface area (Å²) in [4.78, 5) is 2.43. The molecule has 0 bridgehead atoms. The van der Waals surface area contributed by atoms with Crippen molar-refractivity contribution in [2.45, 2.75) is 32.4 Å². The summed E-state index contributed by atoms with van der Waals surface area (Å²) in [6.45, 7) is 4.97. The van der Waals surface area contributed by atoms with Gasteiger partial charge in [-0.1, -0.05) is 12.1 Å². The van der Waals surface area contributed by atoms with E-state index in [4.69, 9.17) is 4.74 Å². The molecule has 0 spiro atoms. The topological polar surface area (TPSA) is 32.7 Å². The van der Waals surface area contributed by atoms with Gasteiger partial charge in [0.15, 0.2) is 0 Å². The highest BCUT2D eigenvalue weighted by Gasteiger charge is 2.23. The van der Waals surface area contributed by atoms with Gasteiger partial charge in [-0.25, -0.2) is 0 Å². The molecule has 1 N–H and O–H groups in total. The van der Waals surface area contributed by atoms with E-state index in [2.05, 4.69) is 17.0 Å². The van der Waals surface area contributed by atoms with E-state index in [1.54, 1.807) is 7.11 Å². The van der Waals surface area contributed by atoms with Gasteiger partial charge in [0.05, 0.1) is 13.2 Å². The maximum atomic E-state index is 9.70. The molecule has 2 rings (SSSR count). The zero-order valence-corrected chi connectivity index (χ0v) is 11.3. The Labute approximate surface area is 109 Å². The predicted molar refractivity (Wildman–Crippen MR) is 72.7 cm³/mol. The van der Waals surface area contributed by atoms with Crippen LogP contribution in [0.4, 0.5) is 0 Å². The molecular weight excluding hydrogens is 226 g/mol. The van der Waals surface area contributed by atoms with E-state index in [0.29, 0.717) is 5.92 Å². The first-order valence-corrected chi connectivity index (χ1v) is 6.72. The molecule has 1 fully saturated rings. The maximum absolute atomic E-state index is 9.70. The van der Waals surface area contributed by atoms with Gasteiger partial charge < -0.3 is 9.84 Å². The molecule has 0 radical (unpaired) electrons. The van der Waals surface area contributed by atoms with Crippen LogP contribution in [0.5, 0.6) is 5.75 Å². The second kappa shape index (κ2) is 6.21. The highest BCUT2D eigenvalue weighted by molar-refractivity contribution is 5.28. The Morgan fingerprint density at radius 1 is 1.50 bits per heavy atom. The number of hydrogen-bond acceptors (Lipinski definition) is 3. The fraction of sp³-hybridized carbons (Fsp3) is 0.600. The van der Waals surface area contributed by atoms with Crippen molar-refractivity contribution in [3.05, 3.63) is 29.8 Å². The minimum atomic E-state index is -0.196. The van der Waals surface area contributed by atoms with Gasteiger partial charge in [-0.2, -0.15) is 0 Å². The van der Waals surface area contributed by atoms with Crippen LogP contribution in [0, 0.1) is 5.92 Å². The number of nitrogens with zero attached hydrogens (tertiary/aromatic N) is 1. The molecule has 3 heteroatoms. The summed E-state index contributed by atoms with van der Waals surface area (Å²) in [5.41, 5.74) is 1.28. The first-order chi connectivity index (χ1) is 8.69. The fourth-order valence-electron chi connectivity index (χ4n) is 2.66. The predicted octanol–water partition coefficient (Wildman–Crippen LogP) is 2.29. The standard InChI is InChI=1S/C15H23NO2/c1-12(17)14-6-4-8-16(11-14)10-13-5-3-7-15(9-13)18-2/h3,5,7,9,12,14,17H,4,6,8,10-11H2,1-2H3. The van der Waals surface area contributed by atoms with Crippen molar-refractivity contribution < 1.29 is 9.84 Å². The number of piperidine rings is 1. The van der Waals surface area contributed by atoms with Gasteiger partial charge in [0.2, 0.25) is 0 Å². The summed E-state index contributed by atoms with van der Waals surface area (Å²) in [6, 6.07) is 8.23. The van der Waals surface area contributed by atoms with Crippen molar-refractivity contribution in [3.8, 4) is 5.75 Å². The lowest BCUT2D eigenvalue weighted by atomic mass is 9.93. The van der Waals surface area contributed by atoms with E-state index in [-0.39, 0.29) is 6.10 Å². The Morgan fingerprint density at radius 3 is 3.06 bits per heavy atom. The number of hydrogen-bond donors (Lipinski definition) is 1. The average Bonchev–Trinajstić information content (AvgIpc) is 2.39. The third kappa shape index (κ3) is 3.47. The van der Waals surface area contributed by atoms with E-state index >= 15 is 0 Å². The van der Waals surface area contributed by atoms with E-state index in [0.717, 1.165) is 31.8 Å². The maximum Gasteiger partial charge on any atom is 0.119 e. The number of likely N-dealkylation sites (tertiary alicyclic amines) is 1. The third-order valence-electron chi connectivity index (χ3n) is 3.76. The van der Waals surface area contributed by atoms with Gasteiger partial charge >= 0.3 is 0 Å². The molecule has 2 atom stereocenters. The molecule has 3 nitrogen and oxygen atoms in total. The van der Waals surface area contributed by atoms with Crippen LogP contribution in [0.25, 0.3) is 0 Å². The van der Waals surface area contributed by atoms with Crippen molar-refractivity contribution in [1.29, 1.82) is 0 Å². The molecule has 1 aromatic carbocycles. The van der Waals surface area contributed by atoms with E-state index < -0.39 is 0 Å². The molecule has 1 heterocycles. The number of ether oxygens (including phenoxy) is 1. The number of aliphatic hydroxyl groups is 1. The first-order valence-electron chi connectivity index (χ1n) is 6.72. The van der Waals surface area contributed by atoms with Gasteiger partial charge in [0.25, 0.3) is 0 Å². The Kier molecular flexibility index (Phi) is 4.61. The van der Waals surface area contributed by atoms with Gasteiger partial charge in [-0.3, -0.25) is 4.90 Å². The van der Waals surface area contributed by atoms with Crippen LogP contribution >= 0.6 is 0 Å². The minimum absolute atomic E-state index is 0.196. The molecule has 0 saturated carbocycles. The minimum Gasteiger partial charge on any atom is -0.497 e. The largest absolute Gasteiger partial charge is 0.497 e. The number of aliphatic hydroxyl groups excluding tert-OH is 1. The van der Waals surface area contributed by atoms with Crippen LogP contribution < -0.4 is 4.74 Å². The molecule has 0 amide bonds. The van der Waals surface area contributed by atoms with Crippen molar-refractivity contribution in [3.63, 3.8) is 0 Å². The molecule has 1 aliphatic heterocycles. The van der Waals surface area contributed by atoms with E-state index in [1.165, 1.54) is 12.0 Å². The van der Waals surface area contributed by atoms with Gasteiger partial charge in [0, 0.05) is 13.1 Å². The summed E-state index contributed by atoms with van der Waals surface area (Å²) in [6.07, 6.45) is 2.13. The Morgan fingerprint density at radius 2 is 2.33 bits per heavy atom. The van der Waals surface area contributed by atoms with Crippen molar-refractivity contribution in [1.82, 2.24) is 4.90 Å². The van der Waals surface area contributed by atoms with Gasteiger partial charge in [-0.05, 0) is 49.9 Å². The molecule has 0 aromatic heterocycles. The monoisotopic (exact) mass is 249 g/mol. The fourth-order valence-corrected chi connectivity index (χ4v) is 2.66. The molecule has 2 unspecified atom stereocenters. The molecule has 18 heavy (non-hydrogen) atoms. The third-order valence-corrected chi connectivity index (χ3v) is 3.76. The van der Waals surface area contributed by atoms with Crippen molar-refractivity contribution in [2.24, 2.45) is 5.92 Å².